The highest BCUT2D eigenvalue weighted by molar-refractivity contribution is 5.93. The number of hydrogen-bond donors (Lipinski definition) is 3. The van der Waals surface area contributed by atoms with Crippen LogP contribution in [-0.2, 0) is 25.5 Å². The molecule has 0 saturated heterocycles. The van der Waals surface area contributed by atoms with Gasteiger partial charge in [0.1, 0.15) is 29.6 Å². The number of ether oxygens (including phenoxy) is 3. The molecule has 3 rings (SSSR count). The monoisotopic (exact) mass is 469 g/mol. The fourth-order valence-electron chi connectivity index (χ4n) is 4.11. The number of carbonyl (C=O) groups is 3. The lowest BCUT2D eigenvalue weighted by molar-refractivity contribution is -0.145. The summed E-state index contributed by atoms with van der Waals surface area (Å²) in [5.41, 5.74) is 2.95. The first-order valence-corrected chi connectivity index (χ1v) is 11.1. The topological polar surface area (TPSA) is 115 Å². The number of nitrogens with one attached hydrogen (secondary N) is 3. The first kappa shape index (κ1) is 25.0. The van der Waals surface area contributed by atoms with E-state index in [1.54, 1.807) is 46.4 Å². The number of fused-ring (bicyclic) bond motifs is 5. The molecule has 0 radical (unpaired) electrons. The Morgan fingerprint density at radius 3 is 2.21 bits per heavy atom. The molecular weight excluding hydrogens is 438 g/mol. The molecule has 2 amide bonds. The summed E-state index contributed by atoms with van der Waals surface area (Å²) in [6, 6.07) is 8.52. The molecule has 3 unspecified atom stereocenters. The lowest BCUT2D eigenvalue weighted by atomic mass is 9.94. The Morgan fingerprint density at radius 1 is 0.971 bits per heavy atom. The summed E-state index contributed by atoms with van der Waals surface area (Å²) < 4.78 is 16.1. The maximum absolute atomic E-state index is 13.2. The van der Waals surface area contributed by atoms with Gasteiger partial charge in [-0.25, -0.2) is 4.79 Å². The first-order valence-electron chi connectivity index (χ1n) is 11.1. The average Bonchev–Trinajstić information content (AvgIpc) is 2.85. The highest BCUT2D eigenvalue weighted by Crippen LogP contribution is 2.39. The van der Waals surface area contributed by atoms with Crippen molar-refractivity contribution in [3.05, 3.63) is 47.5 Å². The van der Waals surface area contributed by atoms with E-state index >= 15 is 0 Å². The molecule has 1 heterocycles. The Balaban J connectivity index is 2.24. The number of benzene rings is 2. The normalized spacial score (nSPS) is 20.4. The van der Waals surface area contributed by atoms with Gasteiger partial charge in [-0.15, -0.1) is 0 Å². The van der Waals surface area contributed by atoms with Crippen molar-refractivity contribution in [3.8, 4) is 22.6 Å². The zero-order valence-electron chi connectivity index (χ0n) is 20.1. The minimum atomic E-state index is -0.930. The van der Waals surface area contributed by atoms with Crippen LogP contribution < -0.4 is 25.4 Å². The summed E-state index contributed by atoms with van der Waals surface area (Å²) >= 11 is 0. The first-order chi connectivity index (χ1) is 16.4. The molecule has 0 saturated carbocycles. The number of amides is 2. The van der Waals surface area contributed by atoms with Gasteiger partial charge in [-0.1, -0.05) is 19.1 Å². The number of esters is 1. The summed E-state index contributed by atoms with van der Waals surface area (Å²) in [5.74, 6) is -0.200. The van der Waals surface area contributed by atoms with Crippen LogP contribution in [0.2, 0.25) is 0 Å². The molecule has 182 valence electrons. The molecule has 0 spiro atoms. The van der Waals surface area contributed by atoms with Crippen molar-refractivity contribution in [1.29, 1.82) is 0 Å². The van der Waals surface area contributed by atoms with E-state index in [9.17, 15) is 14.4 Å². The van der Waals surface area contributed by atoms with Gasteiger partial charge in [0.05, 0.1) is 21.3 Å². The Kier molecular flexibility index (Phi) is 8.12. The maximum atomic E-state index is 13.2. The standard InChI is InChI=1S/C25H31N3O6/c1-6-18-23(29)28-19(25(31)34-5)12-14-7-9-20(32-3)16(11-14)17-13-15(8-10-21(17)33-4)22(26-2)24(30)27-18/h7-11,13,18-19,22,26H,6,12H2,1-5H3,(H,27,30)(H,28,29). The third-order valence-corrected chi connectivity index (χ3v) is 5.95. The molecular formula is C25H31N3O6. The van der Waals surface area contributed by atoms with Gasteiger partial charge in [-0.2, -0.15) is 0 Å². The van der Waals surface area contributed by atoms with Crippen LogP contribution in [0.25, 0.3) is 11.1 Å². The summed E-state index contributed by atoms with van der Waals surface area (Å²) in [6.45, 7) is 1.79. The lowest BCUT2D eigenvalue weighted by Crippen LogP contribution is -2.53. The minimum absolute atomic E-state index is 0.195. The van der Waals surface area contributed by atoms with Crippen LogP contribution in [0.5, 0.6) is 11.5 Å². The molecule has 34 heavy (non-hydrogen) atoms. The largest absolute Gasteiger partial charge is 0.496 e. The number of hydrogen-bond acceptors (Lipinski definition) is 7. The van der Waals surface area contributed by atoms with Crippen LogP contribution in [0.1, 0.15) is 30.5 Å². The van der Waals surface area contributed by atoms with Crippen LogP contribution in [0.3, 0.4) is 0 Å². The molecule has 1 aliphatic rings. The van der Waals surface area contributed by atoms with Crippen molar-refractivity contribution >= 4 is 17.8 Å². The summed E-state index contributed by atoms with van der Waals surface area (Å²) in [5, 5.41) is 8.55. The predicted octanol–water partition coefficient (Wildman–Crippen LogP) is 1.74. The van der Waals surface area contributed by atoms with Crippen molar-refractivity contribution in [3.63, 3.8) is 0 Å². The molecule has 3 atom stereocenters. The SMILES string of the molecule is CCC1NC(=O)C(NC)c2ccc(OC)c(c2)-c2cc(ccc2OC)CC(C(=O)OC)NC1=O. The highest BCUT2D eigenvalue weighted by Gasteiger charge is 2.30. The van der Waals surface area contributed by atoms with Crippen molar-refractivity contribution in [2.24, 2.45) is 0 Å². The third-order valence-electron chi connectivity index (χ3n) is 5.95. The van der Waals surface area contributed by atoms with Crippen LogP contribution >= 0.6 is 0 Å². The molecule has 9 nitrogen and oxygen atoms in total. The van der Waals surface area contributed by atoms with Gasteiger partial charge < -0.3 is 30.2 Å². The van der Waals surface area contributed by atoms with Gasteiger partial charge in [0.2, 0.25) is 11.8 Å². The smallest absolute Gasteiger partial charge is 0.328 e. The quantitative estimate of drug-likeness (QED) is 0.572. The van der Waals surface area contributed by atoms with Gasteiger partial charge >= 0.3 is 5.97 Å². The van der Waals surface area contributed by atoms with E-state index in [1.165, 1.54) is 7.11 Å². The Hall–Kier alpha value is -3.59. The van der Waals surface area contributed by atoms with Gasteiger partial charge in [-0.05, 0) is 48.9 Å². The fraction of sp³-hybridized carbons (Fsp3) is 0.400. The van der Waals surface area contributed by atoms with Crippen molar-refractivity contribution in [1.82, 2.24) is 16.0 Å². The molecule has 0 aliphatic carbocycles. The van der Waals surface area contributed by atoms with Crippen molar-refractivity contribution in [2.75, 3.05) is 28.4 Å². The van der Waals surface area contributed by atoms with Gasteiger partial charge in [0, 0.05) is 17.5 Å². The molecule has 0 fully saturated rings. The summed E-state index contributed by atoms with van der Waals surface area (Å²) in [6.07, 6.45) is 0.545. The highest BCUT2D eigenvalue weighted by atomic mass is 16.5. The Labute approximate surface area is 199 Å². The van der Waals surface area contributed by atoms with Crippen molar-refractivity contribution < 1.29 is 28.6 Å². The number of rotatable bonds is 5. The minimum Gasteiger partial charge on any atom is -0.496 e. The molecule has 9 heteroatoms. The second kappa shape index (κ2) is 11.0. The zero-order valence-corrected chi connectivity index (χ0v) is 20.1. The van der Waals surface area contributed by atoms with E-state index < -0.39 is 30.0 Å². The van der Waals surface area contributed by atoms with Gasteiger partial charge in [-0.3, -0.25) is 9.59 Å². The number of likely N-dealkylation sites (N-methyl/N-ethyl adjacent to an activating group) is 1. The number of carbonyl (C=O) groups excluding carboxylic acids is 3. The molecule has 2 aromatic rings. The Morgan fingerprint density at radius 2 is 1.62 bits per heavy atom. The third kappa shape index (κ3) is 5.14. The molecule has 4 bridgehead atoms. The van der Waals surface area contributed by atoms with E-state index in [2.05, 4.69) is 16.0 Å². The zero-order chi connectivity index (χ0) is 24.8. The van der Waals surface area contributed by atoms with Crippen LogP contribution in [-0.4, -0.2) is 58.2 Å². The van der Waals surface area contributed by atoms with Gasteiger partial charge in [0.25, 0.3) is 0 Å². The maximum Gasteiger partial charge on any atom is 0.328 e. The summed E-state index contributed by atoms with van der Waals surface area (Å²) in [7, 11) is 6.09. The summed E-state index contributed by atoms with van der Waals surface area (Å²) in [4.78, 5) is 38.6. The van der Waals surface area contributed by atoms with Crippen LogP contribution in [0.4, 0.5) is 0 Å². The fourth-order valence-corrected chi connectivity index (χ4v) is 4.11. The number of methoxy groups -OCH3 is 3. The average molecular weight is 470 g/mol. The van der Waals surface area contributed by atoms with Crippen molar-refractivity contribution in [2.45, 2.75) is 37.9 Å². The second-order valence-corrected chi connectivity index (χ2v) is 7.97. The van der Waals surface area contributed by atoms with E-state index in [0.717, 1.165) is 16.7 Å². The molecule has 3 N–H and O–H groups in total. The molecule has 0 aromatic heterocycles. The van der Waals surface area contributed by atoms with E-state index in [1.807, 2.05) is 18.2 Å². The van der Waals surface area contributed by atoms with E-state index in [-0.39, 0.29) is 12.3 Å². The van der Waals surface area contributed by atoms with Gasteiger partial charge in [0.15, 0.2) is 0 Å². The van der Waals surface area contributed by atoms with E-state index in [4.69, 9.17) is 14.2 Å². The van der Waals surface area contributed by atoms with E-state index in [0.29, 0.717) is 23.5 Å². The Bertz CT molecular complexity index is 1070. The second-order valence-electron chi connectivity index (χ2n) is 7.97. The van der Waals surface area contributed by atoms with Crippen LogP contribution in [0, 0.1) is 0 Å². The molecule has 1 aliphatic heterocycles. The molecule has 2 aromatic carbocycles. The predicted molar refractivity (Wildman–Crippen MR) is 127 cm³/mol. The van der Waals surface area contributed by atoms with Crippen LogP contribution in [0.15, 0.2) is 36.4 Å². The lowest BCUT2D eigenvalue weighted by Gasteiger charge is -2.25.